The average Bonchev–Trinajstić information content (AvgIpc) is 2.98. The Bertz CT molecular complexity index is 930. The number of carbonyl (C=O) groups excluding carboxylic acids is 2. The summed E-state index contributed by atoms with van der Waals surface area (Å²) in [5.41, 5.74) is 2.29. The Hall–Kier alpha value is -3.08. The fourth-order valence-electron chi connectivity index (χ4n) is 3.74. The van der Waals surface area contributed by atoms with Gasteiger partial charge in [0.25, 0.3) is 11.7 Å². The van der Waals surface area contributed by atoms with Crippen LogP contribution in [0.3, 0.4) is 0 Å². The molecule has 0 saturated carbocycles. The van der Waals surface area contributed by atoms with Gasteiger partial charge in [-0.25, -0.2) is 0 Å². The number of Topliss-reactive ketones (excluding diaryl/α,β-unsaturated/α-hetero) is 1. The van der Waals surface area contributed by atoms with Crippen LogP contribution >= 0.6 is 0 Å². The molecule has 2 aromatic carbocycles. The van der Waals surface area contributed by atoms with E-state index in [1.54, 1.807) is 24.3 Å². The summed E-state index contributed by atoms with van der Waals surface area (Å²) >= 11 is 0. The molecular weight excluding hydrogens is 366 g/mol. The van der Waals surface area contributed by atoms with E-state index in [0.29, 0.717) is 17.7 Å². The number of ketones is 1. The number of aryl methyl sites for hydroxylation is 1. The zero-order valence-corrected chi connectivity index (χ0v) is 16.9. The van der Waals surface area contributed by atoms with Crippen molar-refractivity contribution < 1.29 is 19.8 Å². The fraction of sp³-hybridized carbons (Fsp3) is 0.333. The van der Waals surface area contributed by atoms with E-state index in [4.69, 9.17) is 0 Å². The molecule has 2 aromatic rings. The van der Waals surface area contributed by atoms with Crippen LogP contribution in [0.2, 0.25) is 0 Å². The zero-order valence-electron chi connectivity index (χ0n) is 16.9. The van der Waals surface area contributed by atoms with Crippen molar-refractivity contribution in [1.82, 2.24) is 4.90 Å². The lowest BCUT2D eigenvalue weighted by atomic mass is 9.94. The average molecular weight is 393 g/mol. The minimum absolute atomic E-state index is 0.0499. The van der Waals surface area contributed by atoms with Crippen molar-refractivity contribution in [3.63, 3.8) is 0 Å². The molecule has 1 saturated heterocycles. The zero-order chi connectivity index (χ0) is 21.0. The molecule has 152 valence electrons. The van der Waals surface area contributed by atoms with Crippen LogP contribution in [0.5, 0.6) is 5.75 Å². The monoisotopic (exact) mass is 393 g/mol. The third-order valence-corrected chi connectivity index (χ3v) is 5.36. The molecule has 0 spiro atoms. The van der Waals surface area contributed by atoms with Crippen LogP contribution in [-0.2, 0) is 16.0 Å². The molecule has 0 radical (unpaired) electrons. The summed E-state index contributed by atoms with van der Waals surface area (Å²) in [6.45, 7) is 4.53. The number of phenolic OH excluding ortho intramolecular Hbond substituents is 1. The minimum Gasteiger partial charge on any atom is -0.508 e. The molecule has 1 fully saturated rings. The van der Waals surface area contributed by atoms with Crippen molar-refractivity contribution in [2.45, 2.75) is 45.6 Å². The molecule has 1 unspecified atom stereocenters. The number of aliphatic hydroxyl groups is 1. The van der Waals surface area contributed by atoms with Crippen molar-refractivity contribution in [2.24, 2.45) is 0 Å². The smallest absolute Gasteiger partial charge is 0.295 e. The first-order chi connectivity index (χ1) is 14.0. The molecule has 0 aliphatic carbocycles. The van der Waals surface area contributed by atoms with Gasteiger partial charge in [-0.15, -0.1) is 0 Å². The molecule has 1 heterocycles. The number of likely N-dealkylation sites (tertiary alicyclic amines) is 1. The van der Waals surface area contributed by atoms with Crippen molar-refractivity contribution in [3.8, 4) is 5.75 Å². The van der Waals surface area contributed by atoms with Gasteiger partial charge < -0.3 is 15.1 Å². The number of amides is 1. The Morgan fingerprint density at radius 2 is 1.76 bits per heavy atom. The van der Waals surface area contributed by atoms with Crippen molar-refractivity contribution in [1.29, 1.82) is 0 Å². The van der Waals surface area contributed by atoms with Crippen molar-refractivity contribution in [3.05, 3.63) is 70.8 Å². The number of aliphatic hydroxyl groups excluding tert-OH is 1. The summed E-state index contributed by atoms with van der Waals surface area (Å²) in [4.78, 5) is 27.2. The van der Waals surface area contributed by atoms with E-state index in [9.17, 15) is 19.8 Å². The third kappa shape index (κ3) is 4.19. The van der Waals surface area contributed by atoms with Crippen LogP contribution in [-0.4, -0.2) is 33.3 Å². The number of rotatable bonds is 7. The van der Waals surface area contributed by atoms with Crippen LogP contribution in [0.15, 0.2) is 54.1 Å². The number of phenols is 1. The molecule has 0 bridgehead atoms. The highest BCUT2D eigenvalue weighted by atomic mass is 16.3. The van der Waals surface area contributed by atoms with Gasteiger partial charge in [-0.1, -0.05) is 63.1 Å². The number of nitrogens with zero attached hydrogens (tertiary/aromatic N) is 1. The predicted octanol–water partition coefficient (Wildman–Crippen LogP) is 4.57. The van der Waals surface area contributed by atoms with Gasteiger partial charge in [0.05, 0.1) is 11.6 Å². The molecule has 5 heteroatoms. The number of aromatic hydroxyl groups is 1. The van der Waals surface area contributed by atoms with Crippen LogP contribution in [0.4, 0.5) is 0 Å². The lowest BCUT2D eigenvalue weighted by molar-refractivity contribution is -0.139. The van der Waals surface area contributed by atoms with E-state index in [1.165, 1.54) is 17.0 Å². The molecule has 0 aromatic heterocycles. The Morgan fingerprint density at radius 3 is 2.38 bits per heavy atom. The fourth-order valence-corrected chi connectivity index (χ4v) is 3.74. The predicted molar refractivity (Wildman–Crippen MR) is 112 cm³/mol. The maximum absolute atomic E-state index is 12.9. The first-order valence-corrected chi connectivity index (χ1v) is 10.1. The van der Waals surface area contributed by atoms with E-state index in [-0.39, 0.29) is 17.1 Å². The Balaban J connectivity index is 2.10. The molecule has 1 atom stereocenters. The second kappa shape index (κ2) is 8.95. The molecule has 3 rings (SSSR count). The summed E-state index contributed by atoms with van der Waals surface area (Å²) in [5.74, 6) is -1.43. The number of hydrogen-bond acceptors (Lipinski definition) is 4. The summed E-state index contributed by atoms with van der Waals surface area (Å²) in [5, 5.41) is 20.9. The Morgan fingerprint density at radius 1 is 1.03 bits per heavy atom. The number of carbonyl (C=O) groups is 2. The highest BCUT2D eigenvalue weighted by Crippen LogP contribution is 2.40. The Labute approximate surface area is 171 Å². The van der Waals surface area contributed by atoms with Crippen molar-refractivity contribution in [2.75, 3.05) is 6.54 Å². The van der Waals surface area contributed by atoms with E-state index in [1.807, 2.05) is 19.1 Å². The first kappa shape index (κ1) is 20.6. The van der Waals surface area contributed by atoms with E-state index < -0.39 is 17.7 Å². The second-order valence-corrected chi connectivity index (χ2v) is 7.35. The normalized spacial score (nSPS) is 18.4. The number of unbranched alkanes of at least 4 members (excludes halogenated alkanes) is 2. The van der Waals surface area contributed by atoms with Crippen LogP contribution < -0.4 is 0 Å². The van der Waals surface area contributed by atoms with Gasteiger partial charge in [0.1, 0.15) is 11.5 Å². The minimum atomic E-state index is -0.718. The largest absolute Gasteiger partial charge is 0.508 e. The molecule has 1 aliphatic rings. The summed E-state index contributed by atoms with van der Waals surface area (Å²) < 4.78 is 0. The summed E-state index contributed by atoms with van der Waals surface area (Å²) in [6, 6.07) is 13.1. The van der Waals surface area contributed by atoms with E-state index in [0.717, 1.165) is 31.2 Å². The number of benzene rings is 2. The second-order valence-electron chi connectivity index (χ2n) is 7.35. The van der Waals surface area contributed by atoms with Gasteiger partial charge in [0.15, 0.2) is 0 Å². The molecule has 1 amide bonds. The maximum atomic E-state index is 12.9. The third-order valence-electron chi connectivity index (χ3n) is 5.36. The van der Waals surface area contributed by atoms with Gasteiger partial charge >= 0.3 is 0 Å². The summed E-state index contributed by atoms with van der Waals surface area (Å²) in [7, 11) is 0. The van der Waals surface area contributed by atoms with Crippen LogP contribution in [0.25, 0.3) is 5.76 Å². The first-order valence-electron chi connectivity index (χ1n) is 10.1. The quantitative estimate of drug-likeness (QED) is 0.313. The maximum Gasteiger partial charge on any atom is 0.295 e. The molecule has 1 aliphatic heterocycles. The number of hydrogen-bond donors (Lipinski definition) is 2. The van der Waals surface area contributed by atoms with Crippen LogP contribution in [0.1, 0.15) is 55.8 Å². The standard InChI is InChI=1S/C24H27NO4/c1-3-5-6-14-25-21(18-8-7-9-19(26)15-18)20(23(28)24(25)29)22(27)17-12-10-16(4-2)11-13-17/h7-13,15,21,26-27H,3-6,14H2,1-2H3/b22-20-. The van der Waals surface area contributed by atoms with Gasteiger partial charge in [0.2, 0.25) is 0 Å². The van der Waals surface area contributed by atoms with Crippen LogP contribution in [0, 0.1) is 0 Å². The lowest BCUT2D eigenvalue weighted by Gasteiger charge is -2.25. The van der Waals surface area contributed by atoms with Gasteiger partial charge in [-0.3, -0.25) is 9.59 Å². The molecule has 2 N–H and O–H groups in total. The summed E-state index contributed by atoms with van der Waals surface area (Å²) in [6.07, 6.45) is 3.56. The van der Waals surface area contributed by atoms with Gasteiger partial charge in [-0.05, 0) is 36.1 Å². The van der Waals surface area contributed by atoms with E-state index >= 15 is 0 Å². The Kier molecular flexibility index (Phi) is 6.37. The van der Waals surface area contributed by atoms with Crippen molar-refractivity contribution >= 4 is 17.4 Å². The highest BCUT2D eigenvalue weighted by Gasteiger charge is 2.45. The van der Waals surface area contributed by atoms with Gasteiger partial charge in [0, 0.05) is 12.1 Å². The topological polar surface area (TPSA) is 77.8 Å². The molecule has 29 heavy (non-hydrogen) atoms. The van der Waals surface area contributed by atoms with E-state index in [2.05, 4.69) is 6.92 Å². The van der Waals surface area contributed by atoms with Gasteiger partial charge in [-0.2, -0.15) is 0 Å². The molecular formula is C24H27NO4. The molecule has 5 nitrogen and oxygen atoms in total. The lowest BCUT2D eigenvalue weighted by Crippen LogP contribution is -2.30. The SMILES string of the molecule is CCCCCN1C(=O)C(=O)/C(=C(\O)c2ccc(CC)cc2)C1c1cccc(O)c1. The highest BCUT2D eigenvalue weighted by molar-refractivity contribution is 6.46.